The smallest absolute Gasteiger partial charge is 0.155 e. The van der Waals surface area contributed by atoms with Crippen molar-refractivity contribution >= 4 is 6.71 Å². The van der Waals surface area contributed by atoms with E-state index in [1.807, 2.05) is 0 Å². The van der Waals surface area contributed by atoms with Gasteiger partial charge in [-0.25, -0.2) is 0 Å². The van der Waals surface area contributed by atoms with Gasteiger partial charge in [0, 0.05) is 6.42 Å². The molecule has 0 bridgehead atoms. The molecule has 0 fully saturated rings. The van der Waals surface area contributed by atoms with Crippen molar-refractivity contribution in [3.63, 3.8) is 0 Å². The van der Waals surface area contributed by atoms with Gasteiger partial charge in [-0.1, -0.05) is 59.1 Å². The Morgan fingerprint density at radius 1 is 0.923 bits per heavy atom. The van der Waals surface area contributed by atoms with Crippen LogP contribution in [0.3, 0.4) is 0 Å². The lowest BCUT2D eigenvalue weighted by atomic mass is 9.44. The number of unbranched alkanes of at least 4 members (excludes halogenated alkanes) is 2. The molecule has 0 aliphatic heterocycles. The van der Waals surface area contributed by atoms with E-state index < -0.39 is 0 Å². The molecule has 0 radical (unpaired) electrons. The van der Waals surface area contributed by atoms with Crippen molar-refractivity contribution in [3.05, 3.63) is 0 Å². The summed E-state index contributed by atoms with van der Waals surface area (Å²) in [7, 11) is 0. The topological polar surface area (TPSA) is 0 Å². The maximum absolute atomic E-state index is 3.39. The van der Waals surface area contributed by atoms with Gasteiger partial charge in [-0.05, 0) is 0 Å². The first kappa shape index (κ1) is 12.6. The maximum Gasteiger partial charge on any atom is 0.231 e. The molecule has 1 heteroatoms. The van der Waals surface area contributed by atoms with Crippen LogP contribution in [-0.2, 0) is 0 Å². The van der Waals surface area contributed by atoms with Crippen molar-refractivity contribution in [2.24, 2.45) is 0 Å². The minimum absolute atomic E-state index is 0.680. The predicted octanol–water partition coefficient (Wildman–Crippen LogP) is 4.03. The Labute approximate surface area is 84.6 Å². The van der Waals surface area contributed by atoms with Crippen LogP contribution in [0.25, 0.3) is 0 Å². The van der Waals surface area contributed by atoms with E-state index in [1.165, 1.54) is 38.3 Å². The number of rotatable bonds is 6. The molecule has 0 amide bonds. The second kappa shape index (κ2) is 9.71. The second-order valence-corrected chi connectivity index (χ2v) is 3.66. The van der Waals surface area contributed by atoms with Gasteiger partial charge in [-0.15, -0.1) is 5.92 Å². The average molecular weight is 178 g/mol. The van der Waals surface area contributed by atoms with Crippen molar-refractivity contribution in [3.8, 4) is 11.7 Å². The van der Waals surface area contributed by atoms with Crippen LogP contribution in [0.1, 0.15) is 52.9 Å². The fourth-order valence-corrected chi connectivity index (χ4v) is 1.44. The first-order valence-electron chi connectivity index (χ1n) is 5.83. The highest BCUT2D eigenvalue weighted by Gasteiger charge is 2.08. The zero-order valence-electron chi connectivity index (χ0n) is 9.53. The second-order valence-electron chi connectivity index (χ2n) is 3.66. The third kappa shape index (κ3) is 7.97. The van der Waals surface area contributed by atoms with Gasteiger partial charge in [0.1, 0.15) is 0 Å². The Balaban J connectivity index is 3.73. The van der Waals surface area contributed by atoms with E-state index in [9.17, 15) is 0 Å². The van der Waals surface area contributed by atoms with Gasteiger partial charge in [0.15, 0.2) is 0 Å². The summed E-state index contributed by atoms with van der Waals surface area (Å²) >= 11 is 0. The van der Waals surface area contributed by atoms with Crippen molar-refractivity contribution in [1.29, 1.82) is 0 Å². The molecule has 0 heterocycles. The van der Waals surface area contributed by atoms with E-state index in [4.69, 9.17) is 0 Å². The highest BCUT2D eigenvalue weighted by atomic mass is 13.8. The Hall–Kier alpha value is -0.375. The van der Waals surface area contributed by atoms with Gasteiger partial charge in [0.2, 0.25) is 6.71 Å². The Morgan fingerprint density at radius 2 is 1.46 bits per heavy atom. The molecular formula is C12H23B. The molecule has 0 saturated carbocycles. The summed E-state index contributed by atoms with van der Waals surface area (Å²) in [6.45, 7) is 7.32. The standard InChI is InChI=1S/C12H23B/c1-4-7-10-13(11-8-5-2)12-9-6-3/h4-8,10-11H2,1-3H3. The minimum Gasteiger partial charge on any atom is -0.155 e. The molecule has 13 heavy (non-hydrogen) atoms. The highest BCUT2D eigenvalue weighted by molar-refractivity contribution is 6.67. The van der Waals surface area contributed by atoms with Crippen molar-refractivity contribution in [2.75, 3.05) is 0 Å². The molecule has 0 aromatic rings. The first-order valence-corrected chi connectivity index (χ1v) is 5.83. The Bertz CT molecular complexity index is 144. The van der Waals surface area contributed by atoms with Gasteiger partial charge in [-0.3, -0.25) is 0 Å². The highest BCUT2D eigenvalue weighted by Crippen LogP contribution is 2.08. The largest absolute Gasteiger partial charge is 0.231 e. The normalized spacial score (nSPS) is 9.15. The molecule has 0 aromatic carbocycles. The lowest BCUT2D eigenvalue weighted by Crippen LogP contribution is -2.09. The zero-order valence-corrected chi connectivity index (χ0v) is 9.53. The molecule has 74 valence electrons. The molecule has 0 unspecified atom stereocenters. The molecule has 0 aliphatic rings. The van der Waals surface area contributed by atoms with E-state index >= 15 is 0 Å². The summed E-state index contributed by atoms with van der Waals surface area (Å²) < 4.78 is 0. The van der Waals surface area contributed by atoms with E-state index in [0.717, 1.165) is 6.42 Å². The summed E-state index contributed by atoms with van der Waals surface area (Å²) in [5.74, 6) is 6.61. The zero-order chi connectivity index (χ0) is 9.94. The van der Waals surface area contributed by atoms with Gasteiger partial charge in [0.05, 0.1) is 0 Å². The summed E-state index contributed by atoms with van der Waals surface area (Å²) in [5, 5.41) is 0. The van der Waals surface area contributed by atoms with Crippen LogP contribution in [-0.4, -0.2) is 6.71 Å². The summed E-state index contributed by atoms with van der Waals surface area (Å²) in [6.07, 6.45) is 8.91. The van der Waals surface area contributed by atoms with Crippen LogP contribution < -0.4 is 0 Å². The van der Waals surface area contributed by atoms with E-state index in [2.05, 4.69) is 32.5 Å². The van der Waals surface area contributed by atoms with Crippen molar-refractivity contribution in [1.82, 2.24) is 0 Å². The first-order chi connectivity index (χ1) is 6.35. The van der Waals surface area contributed by atoms with E-state index in [1.54, 1.807) is 0 Å². The molecule has 0 saturated heterocycles. The maximum atomic E-state index is 3.39. The minimum atomic E-state index is 0.680. The third-order valence-corrected chi connectivity index (χ3v) is 2.30. The van der Waals surface area contributed by atoms with Gasteiger partial charge in [-0.2, -0.15) is 5.82 Å². The van der Waals surface area contributed by atoms with Crippen molar-refractivity contribution < 1.29 is 0 Å². The molecule has 0 spiro atoms. The van der Waals surface area contributed by atoms with Crippen LogP contribution in [0, 0.1) is 11.7 Å². The van der Waals surface area contributed by atoms with Crippen LogP contribution in [0.5, 0.6) is 0 Å². The predicted molar refractivity (Wildman–Crippen MR) is 63.3 cm³/mol. The quantitative estimate of drug-likeness (QED) is 0.425. The van der Waals surface area contributed by atoms with E-state index in [0.29, 0.717) is 6.71 Å². The summed E-state index contributed by atoms with van der Waals surface area (Å²) in [5.41, 5.74) is 0. The Morgan fingerprint density at radius 3 is 1.85 bits per heavy atom. The van der Waals surface area contributed by atoms with Crippen LogP contribution in [0.2, 0.25) is 12.6 Å². The van der Waals surface area contributed by atoms with Crippen LogP contribution >= 0.6 is 0 Å². The molecule has 0 atom stereocenters. The monoisotopic (exact) mass is 178 g/mol. The molecule has 0 aromatic heterocycles. The average Bonchev–Trinajstić information content (AvgIpc) is 2.17. The fraction of sp³-hybridized carbons (Fsp3) is 0.833. The number of hydrogen-bond acceptors (Lipinski definition) is 0. The van der Waals surface area contributed by atoms with Gasteiger partial charge in [0.25, 0.3) is 0 Å². The third-order valence-electron chi connectivity index (χ3n) is 2.30. The SMILES string of the molecule is CCC#CB(CCCC)CCCC. The molecule has 0 aliphatic carbocycles. The molecule has 0 nitrogen and oxygen atoms in total. The Kier molecular flexibility index (Phi) is 9.43. The molecule has 0 N–H and O–H groups in total. The molecular weight excluding hydrogens is 155 g/mol. The lowest BCUT2D eigenvalue weighted by molar-refractivity contribution is 0.846. The van der Waals surface area contributed by atoms with E-state index in [-0.39, 0.29) is 0 Å². The molecule has 0 rings (SSSR count). The van der Waals surface area contributed by atoms with Crippen molar-refractivity contribution in [2.45, 2.75) is 65.5 Å². The fourth-order valence-electron chi connectivity index (χ4n) is 1.44. The lowest BCUT2D eigenvalue weighted by Gasteiger charge is -2.04. The number of hydrogen-bond donors (Lipinski definition) is 0. The van der Waals surface area contributed by atoms with Crippen LogP contribution in [0.15, 0.2) is 0 Å². The summed E-state index contributed by atoms with van der Waals surface area (Å²) in [6, 6.07) is 0. The van der Waals surface area contributed by atoms with Gasteiger partial charge < -0.3 is 0 Å². The summed E-state index contributed by atoms with van der Waals surface area (Å²) in [4.78, 5) is 0. The van der Waals surface area contributed by atoms with Gasteiger partial charge >= 0.3 is 0 Å². The van der Waals surface area contributed by atoms with Crippen LogP contribution in [0.4, 0.5) is 0 Å².